The van der Waals surface area contributed by atoms with Crippen LogP contribution in [-0.2, 0) is 0 Å². The maximum absolute atomic E-state index is 11.3. The first-order valence-electron chi connectivity index (χ1n) is 13.8. The van der Waals surface area contributed by atoms with E-state index in [-0.39, 0.29) is 17.6 Å². The minimum absolute atomic E-state index is 0.223. The quantitative estimate of drug-likeness (QED) is 0.227. The lowest BCUT2D eigenvalue weighted by atomic mass is 9.91. The van der Waals surface area contributed by atoms with Crippen molar-refractivity contribution in [2.45, 2.75) is 32.4 Å². The molecule has 2 aromatic carbocycles. The van der Waals surface area contributed by atoms with Crippen LogP contribution in [0.3, 0.4) is 0 Å². The predicted molar refractivity (Wildman–Crippen MR) is 166 cm³/mol. The molecule has 0 bridgehead atoms. The first-order chi connectivity index (χ1) is 19.8. The summed E-state index contributed by atoms with van der Waals surface area (Å²) in [5, 5.41) is 14.0. The second-order valence-corrected chi connectivity index (χ2v) is 11.9. The minimum atomic E-state index is -0.968. The molecule has 210 valence electrons. The number of rotatable bonds is 6. The van der Waals surface area contributed by atoms with Gasteiger partial charge in [-0.25, -0.2) is 4.79 Å². The summed E-state index contributed by atoms with van der Waals surface area (Å²) < 4.78 is 6.42. The molecular weight excluding hydrogens is 556 g/mol. The molecule has 9 heteroatoms. The highest BCUT2D eigenvalue weighted by molar-refractivity contribution is 7.80. The molecule has 0 saturated carbocycles. The summed E-state index contributed by atoms with van der Waals surface area (Å²) in [4.78, 5) is 20.3. The Morgan fingerprint density at radius 3 is 2.46 bits per heavy atom. The average molecular weight is 587 g/mol. The fraction of sp³-hybridized carbons (Fsp3) is 0.281. The van der Waals surface area contributed by atoms with E-state index in [4.69, 9.17) is 28.2 Å². The average Bonchev–Trinajstić information content (AvgIpc) is 3.57. The lowest BCUT2D eigenvalue weighted by Gasteiger charge is -2.37. The number of carbonyl (C=O) groups is 1. The Hall–Kier alpha value is -3.88. The topological polar surface area (TPSA) is 81.8 Å². The van der Waals surface area contributed by atoms with Gasteiger partial charge in [0.25, 0.3) is 0 Å². The Kier molecular flexibility index (Phi) is 7.45. The number of carboxylic acid groups (broad SMARTS) is 1. The molecule has 0 radical (unpaired) electrons. The number of aromatic nitrogens is 1. The number of thiocarbonyl (C=S) groups is 1. The number of anilines is 2. The summed E-state index contributed by atoms with van der Waals surface area (Å²) in [6.45, 7) is 6.56. The fourth-order valence-corrected chi connectivity index (χ4v) is 6.77. The lowest BCUT2D eigenvalue weighted by Crippen LogP contribution is -2.38. The van der Waals surface area contributed by atoms with E-state index in [1.165, 1.54) is 6.42 Å². The van der Waals surface area contributed by atoms with Crippen LogP contribution in [0, 0.1) is 11.8 Å². The van der Waals surface area contributed by atoms with Gasteiger partial charge >= 0.3 is 5.97 Å². The summed E-state index contributed by atoms with van der Waals surface area (Å²) in [6, 6.07) is 21.8. The normalized spacial score (nSPS) is 22.6. The van der Waals surface area contributed by atoms with Crippen molar-refractivity contribution in [2.75, 3.05) is 22.9 Å². The van der Waals surface area contributed by atoms with Gasteiger partial charge < -0.3 is 24.6 Å². The lowest BCUT2D eigenvalue weighted by molar-refractivity contribution is 0.0697. The van der Waals surface area contributed by atoms with Gasteiger partial charge in [0.2, 0.25) is 0 Å². The second-order valence-electron chi connectivity index (χ2n) is 11.1. The molecule has 2 aliphatic heterocycles. The Balaban J connectivity index is 1.37. The second kappa shape index (κ2) is 11.2. The van der Waals surface area contributed by atoms with E-state index in [0.29, 0.717) is 33.5 Å². The Bertz CT molecular complexity index is 1570. The third-order valence-corrected chi connectivity index (χ3v) is 8.47. The number of halogens is 1. The van der Waals surface area contributed by atoms with Crippen LogP contribution in [0.2, 0.25) is 5.02 Å². The van der Waals surface area contributed by atoms with Crippen molar-refractivity contribution in [3.63, 3.8) is 0 Å². The molecule has 2 fully saturated rings. The maximum Gasteiger partial charge on any atom is 0.335 e. The highest BCUT2D eigenvalue weighted by Gasteiger charge is 2.43. The minimum Gasteiger partial charge on any atom is -0.478 e. The van der Waals surface area contributed by atoms with Gasteiger partial charge in [0, 0.05) is 30.5 Å². The molecule has 2 saturated heterocycles. The molecule has 0 aliphatic carbocycles. The smallest absolute Gasteiger partial charge is 0.335 e. The van der Waals surface area contributed by atoms with Gasteiger partial charge in [0.05, 0.1) is 28.0 Å². The van der Waals surface area contributed by atoms with E-state index in [1.807, 2.05) is 41.3 Å². The standard InChI is InChI=1S/C32H31ClN4O3S/c1-19-15-20(2)18-36(17-19)26-11-10-23(16-24(26)33)37-30(29(35-32(37)41)25-5-3-4-14-34-25)28-13-12-27(40-28)21-6-8-22(9-7-21)31(38)39/h3-14,16,19-20,29-30H,15,17-18H2,1-2H3,(H,35,41)(H,38,39)/t19-,20+,29-,30+/m0/s1. The van der Waals surface area contributed by atoms with Crippen LogP contribution in [0.15, 0.2) is 83.4 Å². The monoisotopic (exact) mass is 586 g/mol. The molecule has 6 rings (SSSR count). The number of piperidine rings is 1. The van der Waals surface area contributed by atoms with Crippen LogP contribution in [0.25, 0.3) is 11.3 Å². The fourth-order valence-electron chi connectivity index (χ4n) is 6.13. The predicted octanol–water partition coefficient (Wildman–Crippen LogP) is 7.35. The molecule has 2 aliphatic rings. The van der Waals surface area contributed by atoms with Gasteiger partial charge in [0.15, 0.2) is 5.11 Å². The van der Waals surface area contributed by atoms with E-state index >= 15 is 0 Å². The molecule has 0 amide bonds. The molecule has 4 aromatic rings. The summed E-state index contributed by atoms with van der Waals surface area (Å²) in [5.74, 6) is 1.59. The van der Waals surface area contributed by atoms with Crippen molar-refractivity contribution in [3.05, 3.63) is 101 Å². The molecule has 0 spiro atoms. The number of aromatic carboxylic acids is 1. The zero-order valence-electron chi connectivity index (χ0n) is 22.8. The van der Waals surface area contributed by atoms with Gasteiger partial charge in [0.1, 0.15) is 17.6 Å². The van der Waals surface area contributed by atoms with E-state index in [9.17, 15) is 9.90 Å². The third kappa shape index (κ3) is 5.42. The summed E-state index contributed by atoms with van der Waals surface area (Å²) in [6.07, 6.45) is 3.00. The molecule has 4 atom stereocenters. The highest BCUT2D eigenvalue weighted by atomic mass is 35.5. The number of nitrogens with zero attached hydrogens (tertiary/aromatic N) is 3. The molecule has 2 N–H and O–H groups in total. The molecule has 7 nitrogen and oxygen atoms in total. The van der Waals surface area contributed by atoms with Gasteiger partial charge in [-0.1, -0.05) is 43.6 Å². The number of nitrogens with one attached hydrogen (secondary N) is 1. The number of carboxylic acids is 1. The third-order valence-electron chi connectivity index (χ3n) is 7.85. The highest BCUT2D eigenvalue weighted by Crippen LogP contribution is 2.44. The van der Waals surface area contributed by atoms with Crippen molar-refractivity contribution in [2.24, 2.45) is 11.8 Å². The number of benzene rings is 2. The van der Waals surface area contributed by atoms with Crippen LogP contribution in [0.4, 0.5) is 11.4 Å². The Labute approximate surface area is 249 Å². The molecule has 41 heavy (non-hydrogen) atoms. The van der Waals surface area contributed by atoms with Gasteiger partial charge in [-0.2, -0.15) is 0 Å². The van der Waals surface area contributed by atoms with Crippen LogP contribution in [0.1, 0.15) is 54.2 Å². The van der Waals surface area contributed by atoms with E-state index in [0.717, 1.165) is 35.7 Å². The number of hydrogen-bond donors (Lipinski definition) is 2. The van der Waals surface area contributed by atoms with Gasteiger partial charge in [-0.15, -0.1) is 0 Å². The SMILES string of the molecule is C[C@@H]1C[C@H](C)CN(c2ccc(N3C(=S)N[C@@H](c4ccccn4)[C@H]3c3ccc(-c4ccc(C(=O)O)cc4)o3)cc2Cl)C1. The zero-order valence-corrected chi connectivity index (χ0v) is 24.4. The van der Waals surface area contributed by atoms with Crippen LogP contribution >= 0.6 is 23.8 Å². The van der Waals surface area contributed by atoms with Crippen LogP contribution in [-0.4, -0.2) is 34.3 Å². The van der Waals surface area contributed by atoms with E-state index < -0.39 is 5.97 Å². The molecule has 0 unspecified atom stereocenters. The number of pyridine rings is 1. The summed E-state index contributed by atoms with van der Waals surface area (Å²) >= 11 is 12.8. The summed E-state index contributed by atoms with van der Waals surface area (Å²) in [5.41, 5.74) is 3.75. The maximum atomic E-state index is 11.3. The largest absolute Gasteiger partial charge is 0.478 e. The van der Waals surface area contributed by atoms with Crippen LogP contribution in [0.5, 0.6) is 0 Å². The molecule has 2 aromatic heterocycles. The number of furan rings is 1. The number of hydrogen-bond acceptors (Lipinski definition) is 5. The van der Waals surface area contributed by atoms with E-state index in [2.05, 4.69) is 41.2 Å². The van der Waals surface area contributed by atoms with Crippen molar-refractivity contribution in [1.29, 1.82) is 0 Å². The van der Waals surface area contributed by atoms with Crippen molar-refractivity contribution in [3.8, 4) is 11.3 Å². The zero-order chi connectivity index (χ0) is 28.7. The molecular formula is C32H31ClN4O3S. The van der Waals surface area contributed by atoms with Crippen LogP contribution < -0.4 is 15.1 Å². The molecule has 4 heterocycles. The van der Waals surface area contributed by atoms with E-state index in [1.54, 1.807) is 30.5 Å². The Morgan fingerprint density at radius 1 is 1.05 bits per heavy atom. The van der Waals surface area contributed by atoms with Crippen molar-refractivity contribution >= 4 is 46.3 Å². The first kappa shape index (κ1) is 27.3. The van der Waals surface area contributed by atoms with Crippen molar-refractivity contribution in [1.82, 2.24) is 10.3 Å². The van der Waals surface area contributed by atoms with Gasteiger partial charge in [-0.05, 0) is 85.1 Å². The van der Waals surface area contributed by atoms with Crippen molar-refractivity contribution < 1.29 is 14.3 Å². The first-order valence-corrected chi connectivity index (χ1v) is 14.6. The Morgan fingerprint density at radius 2 is 1.80 bits per heavy atom. The van der Waals surface area contributed by atoms with Gasteiger partial charge in [-0.3, -0.25) is 4.98 Å². The summed E-state index contributed by atoms with van der Waals surface area (Å²) in [7, 11) is 0.